The van der Waals surface area contributed by atoms with Gasteiger partial charge in [-0.1, -0.05) is 0 Å². The summed E-state index contributed by atoms with van der Waals surface area (Å²) in [6.07, 6.45) is 2.87. The van der Waals surface area contributed by atoms with E-state index < -0.39 is 0 Å². The van der Waals surface area contributed by atoms with Crippen LogP contribution in [0.4, 0.5) is 0 Å². The monoisotopic (exact) mass is 223 g/mol. The summed E-state index contributed by atoms with van der Waals surface area (Å²) in [4.78, 5) is 24.9. The molecule has 1 atom stereocenters. The van der Waals surface area contributed by atoms with Gasteiger partial charge in [0.05, 0.1) is 5.60 Å². The van der Waals surface area contributed by atoms with Gasteiger partial charge in [-0.05, 0) is 33.6 Å². The first-order chi connectivity index (χ1) is 7.41. The van der Waals surface area contributed by atoms with Crippen LogP contribution in [-0.4, -0.2) is 35.0 Å². The molecule has 1 fully saturated rings. The van der Waals surface area contributed by atoms with Crippen LogP contribution in [0.3, 0.4) is 0 Å². The molecule has 2 aliphatic rings. The fraction of sp³-hybridized carbons (Fsp3) is 0.667. The van der Waals surface area contributed by atoms with Crippen molar-refractivity contribution in [1.29, 1.82) is 0 Å². The van der Waals surface area contributed by atoms with Gasteiger partial charge in [0.2, 0.25) is 0 Å². The molecule has 0 N–H and O–H groups in total. The number of hydrogen-bond donors (Lipinski definition) is 0. The summed E-state index contributed by atoms with van der Waals surface area (Å²) in [6.45, 7) is 6.27. The summed E-state index contributed by atoms with van der Waals surface area (Å²) in [5, 5.41) is 0. The molecular formula is C12H17NO3. The second-order valence-electron chi connectivity index (χ2n) is 5.10. The Labute approximate surface area is 95.2 Å². The van der Waals surface area contributed by atoms with Crippen molar-refractivity contribution in [2.24, 2.45) is 0 Å². The predicted octanol–water partition coefficient (Wildman–Crippen LogP) is 1.26. The lowest BCUT2D eigenvalue weighted by Gasteiger charge is -2.38. The van der Waals surface area contributed by atoms with Crippen molar-refractivity contribution < 1.29 is 14.3 Å². The van der Waals surface area contributed by atoms with E-state index in [9.17, 15) is 9.59 Å². The topological polar surface area (TPSA) is 46.6 Å². The lowest BCUT2D eigenvalue weighted by molar-refractivity contribution is -0.146. The number of carbonyl (C=O) groups is 2. The van der Waals surface area contributed by atoms with Crippen molar-refractivity contribution in [1.82, 2.24) is 4.90 Å². The Morgan fingerprint density at radius 3 is 2.62 bits per heavy atom. The van der Waals surface area contributed by atoms with Gasteiger partial charge in [-0.25, -0.2) is 0 Å². The van der Waals surface area contributed by atoms with Gasteiger partial charge in [0.1, 0.15) is 0 Å². The Balaban J connectivity index is 2.15. The average Bonchev–Trinajstić information content (AvgIpc) is 2.39. The van der Waals surface area contributed by atoms with Gasteiger partial charge in [-0.15, -0.1) is 0 Å². The lowest BCUT2D eigenvalue weighted by atomic mass is 9.93. The molecule has 4 nitrogen and oxygen atoms in total. The summed E-state index contributed by atoms with van der Waals surface area (Å²) < 4.78 is 5.59. The zero-order valence-electron chi connectivity index (χ0n) is 9.95. The first kappa shape index (κ1) is 11.3. The Morgan fingerprint density at radius 1 is 1.44 bits per heavy atom. The molecule has 2 aliphatic heterocycles. The van der Waals surface area contributed by atoms with Crippen LogP contribution in [0.5, 0.6) is 0 Å². The molecule has 1 unspecified atom stereocenters. The third-order valence-electron chi connectivity index (χ3n) is 3.17. The second kappa shape index (κ2) is 3.70. The molecule has 0 aromatic rings. The van der Waals surface area contributed by atoms with E-state index in [2.05, 4.69) is 0 Å². The molecule has 16 heavy (non-hydrogen) atoms. The highest BCUT2D eigenvalue weighted by molar-refractivity contribution is 6.16. The van der Waals surface area contributed by atoms with E-state index in [1.807, 2.05) is 13.8 Å². The number of rotatable bonds is 1. The maximum atomic E-state index is 11.8. The molecule has 2 heterocycles. The standard InChI is InChI=1S/C12H17NO3/c1-8-6-10(14)13(11(8)15)9-4-5-16-12(2,3)7-9/h6,9H,4-5,7H2,1-3H3. The van der Waals surface area contributed by atoms with E-state index in [0.29, 0.717) is 18.6 Å². The highest BCUT2D eigenvalue weighted by Crippen LogP contribution is 2.30. The Bertz CT molecular complexity index is 370. The van der Waals surface area contributed by atoms with E-state index in [1.165, 1.54) is 11.0 Å². The molecule has 0 saturated carbocycles. The third-order valence-corrected chi connectivity index (χ3v) is 3.17. The van der Waals surface area contributed by atoms with E-state index in [4.69, 9.17) is 4.74 Å². The molecule has 0 bridgehead atoms. The van der Waals surface area contributed by atoms with Gasteiger partial charge in [-0.3, -0.25) is 14.5 Å². The van der Waals surface area contributed by atoms with Crippen LogP contribution in [0.15, 0.2) is 11.6 Å². The molecule has 2 rings (SSSR count). The largest absolute Gasteiger partial charge is 0.375 e. The van der Waals surface area contributed by atoms with Gasteiger partial charge < -0.3 is 4.74 Å². The molecule has 1 saturated heterocycles. The minimum Gasteiger partial charge on any atom is -0.375 e. The van der Waals surface area contributed by atoms with Crippen molar-refractivity contribution in [3.63, 3.8) is 0 Å². The molecule has 0 aliphatic carbocycles. The van der Waals surface area contributed by atoms with Crippen LogP contribution in [0, 0.1) is 0 Å². The maximum absolute atomic E-state index is 11.8. The fourth-order valence-electron chi connectivity index (χ4n) is 2.37. The van der Waals surface area contributed by atoms with E-state index in [-0.39, 0.29) is 23.5 Å². The van der Waals surface area contributed by atoms with Crippen LogP contribution in [0.2, 0.25) is 0 Å². The average molecular weight is 223 g/mol. The SMILES string of the molecule is CC1=CC(=O)N(C2CCOC(C)(C)C2)C1=O. The van der Waals surface area contributed by atoms with Crippen LogP contribution >= 0.6 is 0 Å². The van der Waals surface area contributed by atoms with Crippen LogP contribution in [0.25, 0.3) is 0 Å². The Hall–Kier alpha value is -1.16. The minimum absolute atomic E-state index is 0.0163. The van der Waals surface area contributed by atoms with Gasteiger partial charge >= 0.3 is 0 Å². The number of nitrogens with zero attached hydrogens (tertiary/aromatic N) is 1. The zero-order valence-corrected chi connectivity index (χ0v) is 9.95. The molecule has 2 amide bonds. The Kier molecular flexibility index (Phi) is 2.62. The van der Waals surface area contributed by atoms with Crippen molar-refractivity contribution in [2.45, 2.75) is 45.3 Å². The van der Waals surface area contributed by atoms with E-state index in [1.54, 1.807) is 6.92 Å². The highest BCUT2D eigenvalue weighted by atomic mass is 16.5. The Morgan fingerprint density at radius 2 is 2.12 bits per heavy atom. The van der Waals surface area contributed by atoms with Crippen molar-refractivity contribution in [3.8, 4) is 0 Å². The summed E-state index contributed by atoms with van der Waals surface area (Å²) in [5.74, 6) is -0.321. The fourth-order valence-corrected chi connectivity index (χ4v) is 2.37. The lowest BCUT2D eigenvalue weighted by Crippen LogP contribution is -2.48. The molecule has 0 aromatic heterocycles. The van der Waals surface area contributed by atoms with Crippen LogP contribution in [0.1, 0.15) is 33.6 Å². The normalized spacial score (nSPS) is 29.6. The molecule has 88 valence electrons. The third kappa shape index (κ3) is 1.89. The van der Waals surface area contributed by atoms with Gasteiger partial charge in [0.25, 0.3) is 11.8 Å². The maximum Gasteiger partial charge on any atom is 0.256 e. The van der Waals surface area contributed by atoms with Crippen LogP contribution in [-0.2, 0) is 14.3 Å². The van der Waals surface area contributed by atoms with E-state index >= 15 is 0 Å². The van der Waals surface area contributed by atoms with Crippen LogP contribution < -0.4 is 0 Å². The first-order valence-electron chi connectivity index (χ1n) is 5.60. The summed E-state index contributed by atoms with van der Waals surface area (Å²) in [6, 6.07) is -0.0163. The molecular weight excluding hydrogens is 206 g/mol. The quantitative estimate of drug-likeness (QED) is 0.629. The highest BCUT2D eigenvalue weighted by Gasteiger charge is 2.39. The number of amides is 2. The molecule has 0 spiro atoms. The van der Waals surface area contributed by atoms with Gasteiger partial charge in [0, 0.05) is 24.3 Å². The van der Waals surface area contributed by atoms with E-state index in [0.717, 1.165) is 6.42 Å². The van der Waals surface area contributed by atoms with Crippen molar-refractivity contribution in [2.75, 3.05) is 6.61 Å². The number of imide groups is 1. The van der Waals surface area contributed by atoms with Crippen molar-refractivity contribution in [3.05, 3.63) is 11.6 Å². The predicted molar refractivity (Wildman–Crippen MR) is 58.7 cm³/mol. The molecule has 0 radical (unpaired) electrons. The number of hydrogen-bond acceptors (Lipinski definition) is 3. The number of carbonyl (C=O) groups excluding carboxylic acids is 2. The number of ether oxygens (including phenoxy) is 1. The smallest absolute Gasteiger partial charge is 0.256 e. The first-order valence-corrected chi connectivity index (χ1v) is 5.60. The summed E-state index contributed by atoms with van der Waals surface area (Å²) in [7, 11) is 0. The molecule has 0 aromatic carbocycles. The van der Waals surface area contributed by atoms with Gasteiger partial charge in [-0.2, -0.15) is 0 Å². The zero-order chi connectivity index (χ0) is 11.9. The minimum atomic E-state index is -0.250. The summed E-state index contributed by atoms with van der Waals surface area (Å²) in [5.41, 5.74) is 0.286. The van der Waals surface area contributed by atoms with Crippen molar-refractivity contribution >= 4 is 11.8 Å². The van der Waals surface area contributed by atoms with Gasteiger partial charge in [0.15, 0.2) is 0 Å². The molecule has 4 heteroatoms. The second-order valence-corrected chi connectivity index (χ2v) is 5.10. The summed E-state index contributed by atoms with van der Waals surface area (Å²) >= 11 is 0.